The van der Waals surface area contributed by atoms with Gasteiger partial charge >= 0.3 is 18.2 Å². The molecule has 2 heterocycles. The first-order chi connectivity index (χ1) is 18.9. The third kappa shape index (κ3) is 4.20. The lowest BCUT2D eigenvalue weighted by Crippen LogP contribution is -2.52. The number of halogens is 3. The number of amides is 2. The number of ether oxygens (including phenoxy) is 2. The molecule has 1 aliphatic heterocycles. The lowest BCUT2D eigenvalue weighted by Gasteiger charge is -2.37. The molecule has 206 valence electrons. The summed E-state index contributed by atoms with van der Waals surface area (Å²) >= 11 is 0. The molecule has 1 unspecified atom stereocenters. The van der Waals surface area contributed by atoms with E-state index in [2.05, 4.69) is 20.0 Å². The highest BCUT2D eigenvalue weighted by atomic mass is 32.2. The molecule has 2 N–H and O–H groups in total. The predicted octanol–water partition coefficient (Wildman–Crippen LogP) is 3.89. The summed E-state index contributed by atoms with van der Waals surface area (Å²) in [5, 5.41) is 2.29. The van der Waals surface area contributed by atoms with E-state index in [0.29, 0.717) is 0 Å². The van der Waals surface area contributed by atoms with E-state index in [0.717, 1.165) is 31.4 Å². The molecule has 5 rings (SSSR count). The van der Waals surface area contributed by atoms with Gasteiger partial charge in [0.2, 0.25) is 5.95 Å². The molecule has 0 spiro atoms. The Morgan fingerprint density at radius 1 is 1.02 bits per heavy atom. The maximum absolute atomic E-state index is 13.9. The summed E-state index contributed by atoms with van der Waals surface area (Å²) < 4.78 is 78.4. The van der Waals surface area contributed by atoms with Crippen molar-refractivity contribution in [1.82, 2.24) is 14.3 Å². The first-order valence-corrected chi connectivity index (χ1v) is 12.7. The van der Waals surface area contributed by atoms with E-state index in [1.54, 1.807) is 0 Å². The Bertz CT molecular complexity index is 1770. The number of hydrogen-bond donors (Lipinski definition) is 2. The molecular weight excluding hydrogens is 557 g/mol. The number of rotatable bonds is 5. The standard InChI is InChI=1S/C25H17F3N4O7S/c1-38-23(35)31-22-29-18-12-11-14(13-19(18)30-22)24(39-21(34)25(26,27)28)17-10-6-5-9-16(17)20(33)32(24)40(36,37)15-7-3-2-4-8-15/h2-13H,1H3,(H2,29,30,31,35). The van der Waals surface area contributed by atoms with Crippen molar-refractivity contribution >= 4 is 45.0 Å². The summed E-state index contributed by atoms with van der Waals surface area (Å²) in [6.07, 6.45) is -6.42. The molecule has 4 aromatic rings. The Hall–Kier alpha value is -4.92. The van der Waals surface area contributed by atoms with Crippen molar-refractivity contribution in [3.8, 4) is 0 Å². The van der Waals surface area contributed by atoms with Crippen molar-refractivity contribution in [3.63, 3.8) is 0 Å². The minimum Gasteiger partial charge on any atom is -0.453 e. The van der Waals surface area contributed by atoms with Gasteiger partial charge in [-0.2, -0.15) is 17.5 Å². The fourth-order valence-corrected chi connectivity index (χ4v) is 5.96. The van der Waals surface area contributed by atoms with Crippen LogP contribution >= 0.6 is 0 Å². The van der Waals surface area contributed by atoms with Gasteiger partial charge in [-0.1, -0.05) is 42.5 Å². The van der Waals surface area contributed by atoms with Gasteiger partial charge in [-0.25, -0.2) is 23.0 Å². The molecule has 0 saturated carbocycles. The average molecular weight is 574 g/mol. The molecule has 40 heavy (non-hydrogen) atoms. The van der Waals surface area contributed by atoms with Crippen molar-refractivity contribution in [2.45, 2.75) is 16.8 Å². The number of fused-ring (bicyclic) bond motifs is 2. The van der Waals surface area contributed by atoms with Crippen LogP contribution in [0.4, 0.5) is 23.9 Å². The van der Waals surface area contributed by atoms with E-state index in [-0.39, 0.29) is 38.0 Å². The number of sulfonamides is 1. The highest BCUT2D eigenvalue weighted by molar-refractivity contribution is 7.89. The lowest BCUT2D eigenvalue weighted by molar-refractivity contribution is -0.217. The van der Waals surface area contributed by atoms with E-state index < -0.39 is 44.8 Å². The highest BCUT2D eigenvalue weighted by Crippen LogP contribution is 2.49. The number of H-pyrrole nitrogens is 1. The average Bonchev–Trinajstić information content (AvgIpc) is 3.44. The number of nitrogens with zero attached hydrogens (tertiary/aromatic N) is 2. The van der Waals surface area contributed by atoms with Crippen LogP contribution in [0.3, 0.4) is 0 Å². The molecule has 11 nitrogen and oxygen atoms in total. The van der Waals surface area contributed by atoms with Crippen LogP contribution in [-0.4, -0.2) is 53.9 Å². The van der Waals surface area contributed by atoms with Gasteiger partial charge < -0.3 is 14.5 Å². The molecule has 1 aliphatic rings. The largest absolute Gasteiger partial charge is 0.491 e. The van der Waals surface area contributed by atoms with Gasteiger partial charge in [0.1, 0.15) is 0 Å². The number of aromatic nitrogens is 2. The Morgan fingerprint density at radius 2 is 1.70 bits per heavy atom. The minimum atomic E-state index is -5.55. The van der Waals surface area contributed by atoms with Crippen LogP contribution < -0.4 is 5.32 Å². The Balaban J connectivity index is 1.81. The third-order valence-electron chi connectivity index (χ3n) is 6.03. The fraction of sp³-hybridized carbons (Fsp3) is 0.120. The summed E-state index contributed by atoms with van der Waals surface area (Å²) in [7, 11) is -3.81. The molecule has 1 aromatic heterocycles. The van der Waals surface area contributed by atoms with Gasteiger partial charge in [0.25, 0.3) is 21.7 Å². The van der Waals surface area contributed by atoms with E-state index in [4.69, 9.17) is 4.74 Å². The first kappa shape index (κ1) is 26.7. The SMILES string of the molecule is COC(=O)Nc1nc2ccc(C3(OC(=O)C(F)(F)F)c4ccccc4C(=O)N3S(=O)(=O)c3ccccc3)cc2[nH]1. The number of nitrogens with one attached hydrogen (secondary N) is 2. The van der Waals surface area contributed by atoms with Crippen molar-refractivity contribution in [1.29, 1.82) is 0 Å². The van der Waals surface area contributed by atoms with Gasteiger partial charge in [-0.05, 0) is 30.3 Å². The normalized spacial score (nSPS) is 17.0. The van der Waals surface area contributed by atoms with Crippen molar-refractivity contribution < 1.29 is 45.4 Å². The maximum atomic E-state index is 13.9. The van der Waals surface area contributed by atoms with Crippen LogP contribution in [-0.2, 0) is 30.0 Å². The second kappa shape index (κ2) is 9.37. The van der Waals surface area contributed by atoms with Crippen LogP contribution in [0.1, 0.15) is 21.5 Å². The molecule has 0 bridgehead atoms. The van der Waals surface area contributed by atoms with E-state index in [9.17, 15) is 36.0 Å². The summed E-state index contributed by atoms with van der Waals surface area (Å²) in [5.74, 6) is -4.05. The van der Waals surface area contributed by atoms with Gasteiger partial charge in [-0.15, -0.1) is 0 Å². The highest BCUT2D eigenvalue weighted by Gasteiger charge is 2.62. The van der Waals surface area contributed by atoms with Gasteiger partial charge in [0, 0.05) is 11.1 Å². The summed E-state index contributed by atoms with van der Waals surface area (Å²) in [6, 6.07) is 15.3. The molecule has 0 aliphatic carbocycles. The summed E-state index contributed by atoms with van der Waals surface area (Å²) in [6.45, 7) is 0. The molecule has 0 radical (unpaired) electrons. The van der Waals surface area contributed by atoms with Gasteiger partial charge in [0.15, 0.2) is 0 Å². The van der Waals surface area contributed by atoms with Crippen molar-refractivity contribution in [3.05, 3.63) is 89.5 Å². The van der Waals surface area contributed by atoms with E-state index in [1.807, 2.05) is 0 Å². The van der Waals surface area contributed by atoms with Gasteiger partial charge in [0.05, 0.1) is 28.6 Å². The monoisotopic (exact) mass is 574 g/mol. The van der Waals surface area contributed by atoms with Crippen molar-refractivity contribution in [2.75, 3.05) is 12.4 Å². The Labute approximate surface area is 223 Å². The van der Waals surface area contributed by atoms with Crippen LogP contribution in [0.5, 0.6) is 0 Å². The topological polar surface area (TPSA) is 148 Å². The minimum absolute atomic E-state index is 0.0974. The van der Waals surface area contributed by atoms with Crippen LogP contribution in [0, 0.1) is 0 Å². The Kier molecular flexibility index (Phi) is 6.25. The zero-order valence-electron chi connectivity index (χ0n) is 20.2. The quantitative estimate of drug-likeness (QED) is 0.341. The molecule has 15 heteroatoms. The molecule has 1 atom stereocenters. The predicted molar refractivity (Wildman–Crippen MR) is 131 cm³/mol. The number of carbonyl (C=O) groups excluding carboxylic acids is 3. The number of anilines is 1. The van der Waals surface area contributed by atoms with E-state index in [1.165, 1.54) is 48.5 Å². The Morgan fingerprint density at radius 3 is 2.38 bits per heavy atom. The number of carbonyl (C=O) groups is 3. The molecule has 2 amide bonds. The number of esters is 1. The molecule has 0 fully saturated rings. The first-order valence-electron chi connectivity index (χ1n) is 11.3. The molecule has 0 saturated heterocycles. The molecule has 3 aromatic carbocycles. The second-order valence-electron chi connectivity index (χ2n) is 8.40. The van der Waals surface area contributed by atoms with Crippen LogP contribution in [0.15, 0.2) is 77.7 Å². The van der Waals surface area contributed by atoms with E-state index >= 15 is 0 Å². The number of imidazole rings is 1. The van der Waals surface area contributed by atoms with Crippen LogP contribution in [0.25, 0.3) is 11.0 Å². The number of alkyl halides is 3. The van der Waals surface area contributed by atoms with Crippen LogP contribution in [0.2, 0.25) is 0 Å². The summed E-state index contributed by atoms with van der Waals surface area (Å²) in [4.78, 5) is 44.0. The zero-order valence-corrected chi connectivity index (χ0v) is 21.0. The third-order valence-corrected chi connectivity index (χ3v) is 7.80. The zero-order chi connectivity index (χ0) is 28.9. The molecular formula is C25H17F3N4O7S. The number of aromatic amines is 1. The van der Waals surface area contributed by atoms with Gasteiger partial charge in [-0.3, -0.25) is 10.1 Å². The number of methoxy groups -OCH3 is 1. The smallest absolute Gasteiger partial charge is 0.453 e. The van der Waals surface area contributed by atoms with Crippen molar-refractivity contribution in [2.24, 2.45) is 0 Å². The number of hydrogen-bond acceptors (Lipinski definition) is 8. The fourth-order valence-electron chi connectivity index (χ4n) is 4.35. The maximum Gasteiger partial charge on any atom is 0.491 e. The number of benzene rings is 3. The summed E-state index contributed by atoms with van der Waals surface area (Å²) in [5.41, 5.74) is -3.56. The second-order valence-corrected chi connectivity index (χ2v) is 10.2. The lowest BCUT2D eigenvalue weighted by atomic mass is 9.94.